The molecule has 0 saturated heterocycles. The Morgan fingerprint density at radius 1 is 1.50 bits per heavy atom. The number of nitrogens with zero attached hydrogens (tertiary/aromatic N) is 1. The van der Waals surface area contributed by atoms with Gasteiger partial charge in [-0.15, -0.1) is 0 Å². The number of carbonyl (C=O) groups excluding carboxylic acids is 2. The molecule has 0 bridgehead atoms. The lowest BCUT2D eigenvalue weighted by Gasteiger charge is -2.33. The van der Waals surface area contributed by atoms with E-state index in [4.69, 9.17) is 16.3 Å². The molecule has 0 spiro atoms. The number of benzene rings is 1. The van der Waals surface area contributed by atoms with Crippen LogP contribution in [0, 0.1) is 0 Å². The van der Waals surface area contributed by atoms with Gasteiger partial charge in [0.25, 0.3) is 0 Å². The third kappa shape index (κ3) is 2.99. The number of urea groups is 1. The Balaban J connectivity index is 2.50. The van der Waals surface area contributed by atoms with Gasteiger partial charge in [-0.05, 0) is 18.6 Å². The summed E-state index contributed by atoms with van der Waals surface area (Å²) in [6.07, 6.45) is 1.49. The molecule has 0 radical (unpaired) electrons. The molecule has 0 saturated carbocycles. The highest BCUT2D eigenvalue weighted by Crippen LogP contribution is 2.34. The van der Waals surface area contributed by atoms with E-state index in [1.54, 1.807) is 38.2 Å². The number of halogens is 1. The SMILES string of the molecule is C=CCOC(=O)C1=C(C)N(C)C(=O)N[C@@H]1c1ccccc1Cl. The zero-order valence-corrected chi connectivity index (χ0v) is 13.2. The lowest BCUT2D eigenvalue weighted by molar-refractivity contribution is -0.138. The molecule has 6 heteroatoms. The molecular weight excluding hydrogens is 304 g/mol. The van der Waals surface area contributed by atoms with Gasteiger partial charge in [-0.3, -0.25) is 0 Å². The van der Waals surface area contributed by atoms with Crippen molar-refractivity contribution in [2.24, 2.45) is 0 Å². The van der Waals surface area contributed by atoms with Crippen LogP contribution in [0.4, 0.5) is 4.79 Å². The molecule has 5 nitrogen and oxygen atoms in total. The maximum atomic E-state index is 12.4. The third-order valence-electron chi connectivity index (χ3n) is 3.52. The molecule has 2 rings (SSSR count). The molecule has 1 atom stereocenters. The van der Waals surface area contributed by atoms with E-state index in [-0.39, 0.29) is 12.6 Å². The van der Waals surface area contributed by atoms with Crippen LogP contribution in [0.3, 0.4) is 0 Å². The molecule has 1 aliphatic heterocycles. The van der Waals surface area contributed by atoms with Gasteiger partial charge in [0.2, 0.25) is 0 Å². The van der Waals surface area contributed by atoms with Crippen molar-refractivity contribution in [3.8, 4) is 0 Å². The van der Waals surface area contributed by atoms with E-state index < -0.39 is 12.0 Å². The third-order valence-corrected chi connectivity index (χ3v) is 3.87. The van der Waals surface area contributed by atoms with E-state index in [2.05, 4.69) is 11.9 Å². The fourth-order valence-electron chi connectivity index (χ4n) is 2.25. The van der Waals surface area contributed by atoms with E-state index in [1.807, 2.05) is 0 Å². The summed E-state index contributed by atoms with van der Waals surface area (Å²) >= 11 is 6.21. The molecule has 1 N–H and O–H groups in total. The van der Waals surface area contributed by atoms with Gasteiger partial charge in [0.1, 0.15) is 6.61 Å². The standard InChI is InChI=1S/C16H17ClN2O3/c1-4-9-22-15(20)13-10(2)19(3)16(21)18-14(13)11-7-5-6-8-12(11)17/h4-8,14H,1,9H2,2-3H3,(H,18,21)/t14-/m1/s1. The number of carbonyl (C=O) groups is 2. The van der Waals surface area contributed by atoms with Crippen molar-refractivity contribution in [1.29, 1.82) is 0 Å². The van der Waals surface area contributed by atoms with E-state index in [9.17, 15) is 9.59 Å². The molecule has 1 aromatic carbocycles. The van der Waals surface area contributed by atoms with Crippen molar-refractivity contribution < 1.29 is 14.3 Å². The Morgan fingerprint density at radius 3 is 2.82 bits per heavy atom. The Labute approximate surface area is 134 Å². The zero-order chi connectivity index (χ0) is 16.3. The normalized spacial score (nSPS) is 18.0. The molecule has 1 aliphatic rings. The van der Waals surface area contributed by atoms with Crippen LogP contribution in [0.15, 0.2) is 48.2 Å². The average Bonchev–Trinajstić information content (AvgIpc) is 2.50. The first-order valence-electron chi connectivity index (χ1n) is 6.74. The molecule has 0 aromatic heterocycles. The second-order valence-corrected chi connectivity index (χ2v) is 5.26. The summed E-state index contributed by atoms with van der Waals surface area (Å²) in [6, 6.07) is 6.12. The van der Waals surface area contributed by atoms with Crippen LogP contribution in [0.1, 0.15) is 18.5 Å². The van der Waals surface area contributed by atoms with Crippen molar-refractivity contribution in [3.05, 3.63) is 58.8 Å². The Morgan fingerprint density at radius 2 is 2.18 bits per heavy atom. The summed E-state index contributed by atoms with van der Waals surface area (Å²) in [5, 5.41) is 3.25. The first-order chi connectivity index (χ1) is 10.5. The van der Waals surface area contributed by atoms with Crippen LogP contribution in [-0.2, 0) is 9.53 Å². The minimum atomic E-state index is -0.644. The number of hydrogen-bond donors (Lipinski definition) is 1. The van der Waals surface area contributed by atoms with Gasteiger partial charge in [0.05, 0.1) is 11.6 Å². The summed E-state index contributed by atoms with van der Waals surface area (Å²) in [7, 11) is 1.59. The van der Waals surface area contributed by atoms with E-state index in [1.165, 1.54) is 11.0 Å². The highest BCUT2D eigenvalue weighted by Gasteiger charge is 2.35. The largest absolute Gasteiger partial charge is 0.458 e. The molecule has 1 aromatic rings. The Kier molecular flexibility index (Phi) is 4.88. The van der Waals surface area contributed by atoms with Crippen molar-refractivity contribution in [2.75, 3.05) is 13.7 Å². The number of ether oxygens (including phenoxy) is 1. The van der Waals surface area contributed by atoms with Crippen LogP contribution in [-0.4, -0.2) is 30.6 Å². The number of hydrogen-bond acceptors (Lipinski definition) is 3. The maximum Gasteiger partial charge on any atom is 0.338 e. The summed E-state index contributed by atoms with van der Waals surface area (Å²) in [4.78, 5) is 25.8. The molecule has 0 aliphatic carbocycles. The predicted octanol–water partition coefficient (Wildman–Crippen LogP) is 3.04. The van der Waals surface area contributed by atoms with Crippen molar-refractivity contribution in [3.63, 3.8) is 0 Å². The smallest absolute Gasteiger partial charge is 0.338 e. The Hall–Kier alpha value is -2.27. The van der Waals surface area contributed by atoms with Gasteiger partial charge in [0, 0.05) is 17.8 Å². The average molecular weight is 321 g/mol. The van der Waals surface area contributed by atoms with Crippen LogP contribution in [0.2, 0.25) is 5.02 Å². The van der Waals surface area contributed by atoms with Gasteiger partial charge in [0.15, 0.2) is 0 Å². The van der Waals surface area contributed by atoms with Gasteiger partial charge >= 0.3 is 12.0 Å². The molecule has 0 fully saturated rings. The van der Waals surface area contributed by atoms with Gasteiger partial charge < -0.3 is 15.0 Å². The summed E-state index contributed by atoms with van der Waals surface area (Å²) in [5.41, 5.74) is 1.54. The summed E-state index contributed by atoms with van der Waals surface area (Å²) in [6.45, 7) is 5.32. The maximum absolute atomic E-state index is 12.4. The number of rotatable bonds is 4. The van der Waals surface area contributed by atoms with Crippen LogP contribution < -0.4 is 5.32 Å². The first-order valence-corrected chi connectivity index (χ1v) is 7.12. The minimum absolute atomic E-state index is 0.0997. The summed E-state index contributed by atoms with van der Waals surface area (Å²) in [5.74, 6) is -0.505. The quantitative estimate of drug-likeness (QED) is 0.685. The van der Waals surface area contributed by atoms with Gasteiger partial charge in [-0.25, -0.2) is 9.59 Å². The second kappa shape index (κ2) is 6.66. The van der Waals surface area contributed by atoms with E-state index >= 15 is 0 Å². The molecule has 1 heterocycles. The van der Waals surface area contributed by atoms with Crippen molar-refractivity contribution in [2.45, 2.75) is 13.0 Å². The number of esters is 1. The zero-order valence-electron chi connectivity index (χ0n) is 12.4. The molecule has 2 amide bonds. The number of amides is 2. The fraction of sp³-hybridized carbons (Fsp3) is 0.250. The van der Waals surface area contributed by atoms with Gasteiger partial charge in [-0.2, -0.15) is 0 Å². The lowest BCUT2D eigenvalue weighted by Crippen LogP contribution is -2.46. The summed E-state index contributed by atoms with van der Waals surface area (Å²) < 4.78 is 5.14. The Bertz CT molecular complexity index is 655. The minimum Gasteiger partial charge on any atom is -0.458 e. The topological polar surface area (TPSA) is 58.6 Å². The van der Waals surface area contributed by atoms with Crippen LogP contribution >= 0.6 is 11.6 Å². The predicted molar refractivity (Wildman–Crippen MR) is 84.3 cm³/mol. The van der Waals surface area contributed by atoms with E-state index in [0.29, 0.717) is 21.9 Å². The number of allylic oxidation sites excluding steroid dienone is 1. The molecule has 116 valence electrons. The van der Waals surface area contributed by atoms with Gasteiger partial charge in [-0.1, -0.05) is 42.5 Å². The van der Waals surface area contributed by atoms with Crippen LogP contribution in [0.5, 0.6) is 0 Å². The van der Waals surface area contributed by atoms with Crippen molar-refractivity contribution >= 4 is 23.6 Å². The molecular formula is C16H17ClN2O3. The number of nitrogens with one attached hydrogen (secondary N) is 1. The van der Waals surface area contributed by atoms with Crippen LogP contribution in [0.25, 0.3) is 0 Å². The highest BCUT2D eigenvalue weighted by molar-refractivity contribution is 6.31. The highest BCUT2D eigenvalue weighted by atomic mass is 35.5. The fourth-order valence-corrected chi connectivity index (χ4v) is 2.50. The molecule has 0 unspecified atom stereocenters. The molecule has 22 heavy (non-hydrogen) atoms. The first kappa shape index (κ1) is 16.1. The second-order valence-electron chi connectivity index (χ2n) is 4.85. The van der Waals surface area contributed by atoms with E-state index in [0.717, 1.165) is 0 Å². The van der Waals surface area contributed by atoms with Crippen molar-refractivity contribution in [1.82, 2.24) is 10.2 Å². The monoisotopic (exact) mass is 320 g/mol. The lowest BCUT2D eigenvalue weighted by atomic mass is 9.95.